The number of aliphatic hydroxyl groups excluding tert-OH is 1. The van der Waals surface area contributed by atoms with Crippen LogP contribution in [-0.4, -0.2) is 54.7 Å². The molecule has 4 rings (SSSR count). The average Bonchev–Trinajstić information content (AvgIpc) is 3.55. The molecule has 2 heterocycles. The number of Topliss-reactive ketones (excluding diaryl/α,β-unsaturated/α-hetero) is 1. The van der Waals surface area contributed by atoms with Crippen LogP contribution in [0, 0.1) is 18.8 Å². The number of nitrogens with zero attached hydrogens (tertiary/aromatic N) is 2. The Hall–Kier alpha value is -4.38. The van der Waals surface area contributed by atoms with Crippen LogP contribution in [0.5, 0.6) is 17.2 Å². The fourth-order valence-corrected chi connectivity index (χ4v) is 5.89. The highest BCUT2D eigenvalue weighted by Crippen LogP contribution is 2.45. The Morgan fingerprint density at radius 2 is 1.72 bits per heavy atom. The Kier molecular flexibility index (Phi) is 12.0. The van der Waals surface area contributed by atoms with Crippen LogP contribution in [0.25, 0.3) is 5.76 Å². The summed E-state index contributed by atoms with van der Waals surface area (Å²) in [6.45, 7) is 13.1. The van der Waals surface area contributed by atoms with E-state index < -0.39 is 23.7 Å². The molecule has 1 unspecified atom stereocenters. The predicted molar refractivity (Wildman–Crippen MR) is 182 cm³/mol. The first-order valence-electron chi connectivity index (χ1n) is 16.0. The van der Waals surface area contributed by atoms with Crippen LogP contribution in [-0.2, 0) is 14.3 Å². The molecule has 0 bridgehead atoms. The minimum absolute atomic E-state index is 0.123. The van der Waals surface area contributed by atoms with Crippen molar-refractivity contribution >= 4 is 39.9 Å². The van der Waals surface area contributed by atoms with Gasteiger partial charge in [-0.1, -0.05) is 58.4 Å². The van der Waals surface area contributed by atoms with Crippen molar-refractivity contribution in [1.29, 1.82) is 0 Å². The molecule has 1 fully saturated rings. The molecule has 0 saturated carbocycles. The van der Waals surface area contributed by atoms with E-state index >= 15 is 0 Å². The fraction of sp³-hybridized carbons (Fsp3) is 0.444. The summed E-state index contributed by atoms with van der Waals surface area (Å²) in [6.07, 6.45) is 2.75. The number of hydrogen-bond acceptors (Lipinski definition) is 10. The van der Waals surface area contributed by atoms with Gasteiger partial charge in [0.1, 0.15) is 16.4 Å². The van der Waals surface area contributed by atoms with E-state index in [0.29, 0.717) is 53.2 Å². The lowest BCUT2D eigenvalue weighted by Crippen LogP contribution is -2.29. The topological polar surface area (TPSA) is 124 Å². The number of thiazole rings is 1. The number of rotatable bonds is 15. The molecule has 252 valence electrons. The molecule has 1 aromatic heterocycles. The maximum absolute atomic E-state index is 13.8. The first kappa shape index (κ1) is 35.5. The van der Waals surface area contributed by atoms with Crippen LogP contribution >= 0.6 is 11.3 Å². The highest BCUT2D eigenvalue weighted by molar-refractivity contribution is 7.17. The summed E-state index contributed by atoms with van der Waals surface area (Å²) in [4.78, 5) is 46.4. The van der Waals surface area contributed by atoms with Crippen LogP contribution in [0.3, 0.4) is 0 Å². The van der Waals surface area contributed by atoms with Crippen molar-refractivity contribution < 1.29 is 38.4 Å². The third-order valence-corrected chi connectivity index (χ3v) is 8.66. The molecule has 47 heavy (non-hydrogen) atoms. The van der Waals surface area contributed by atoms with E-state index in [1.54, 1.807) is 49.4 Å². The molecule has 0 spiro atoms. The summed E-state index contributed by atoms with van der Waals surface area (Å²) in [5.74, 6) is -0.561. The van der Waals surface area contributed by atoms with Crippen LogP contribution in [0.4, 0.5) is 5.13 Å². The molecule has 1 aliphatic rings. The third kappa shape index (κ3) is 8.32. The molecule has 0 aliphatic carbocycles. The average molecular weight is 665 g/mol. The number of methoxy groups -OCH3 is 1. The SMILES string of the molecule is CCCCOc1ccc(/C(O)=C2\C(=O)C(=O)N(c3nc(C)c(C(=O)OCC(C)C)s3)C2c2ccc(OCCC(C)C)c(OC)c2)cc1. The van der Waals surface area contributed by atoms with Crippen LogP contribution in [0.1, 0.15) is 86.4 Å². The molecule has 1 aliphatic heterocycles. The maximum Gasteiger partial charge on any atom is 0.350 e. The van der Waals surface area contributed by atoms with Crippen molar-refractivity contribution in [3.63, 3.8) is 0 Å². The van der Waals surface area contributed by atoms with Crippen LogP contribution in [0.15, 0.2) is 48.0 Å². The second-order valence-electron chi connectivity index (χ2n) is 12.2. The minimum Gasteiger partial charge on any atom is -0.507 e. The van der Waals surface area contributed by atoms with E-state index in [0.717, 1.165) is 30.6 Å². The first-order valence-corrected chi connectivity index (χ1v) is 16.8. The maximum atomic E-state index is 13.8. The molecule has 0 radical (unpaired) electrons. The second-order valence-corrected chi connectivity index (χ2v) is 13.2. The third-order valence-electron chi connectivity index (χ3n) is 7.52. The van der Waals surface area contributed by atoms with Gasteiger partial charge in [-0.25, -0.2) is 9.78 Å². The number of aryl methyl sites for hydroxylation is 1. The molecule has 11 heteroatoms. The van der Waals surface area contributed by atoms with Crippen molar-refractivity contribution in [2.45, 2.75) is 66.8 Å². The number of carbonyl (C=O) groups excluding carboxylic acids is 3. The molecular weight excluding hydrogens is 620 g/mol. The minimum atomic E-state index is -1.08. The van der Waals surface area contributed by atoms with Gasteiger partial charge in [0.2, 0.25) is 0 Å². The van der Waals surface area contributed by atoms with Gasteiger partial charge in [-0.05, 0) is 73.6 Å². The van der Waals surface area contributed by atoms with Gasteiger partial charge in [0.05, 0.1) is 44.2 Å². The number of hydrogen-bond donors (Lipinski definition) is 1. The highest BCUT2D eigenvalue weighted by atomic mass is 32.1. The van der Waals surface area contributed by atoms with Crippen molar-refractivity contribution in [2.75, 3.05) is 31.8 Å². The summed E-state index contributed by atoms with van der Waals surface area (Å²) in [6, 6.07) is 10.8. The molecule has 1 saturated heterocycles. The van der Waals surface area contributed by atoms with Gasteiger partial charge < -0.3 is 24.1 Å². The van der Waals surface area contributed by atoms with Gasteiger partial charge in [-0.3, -0.25) is 14.5 Å². The molecule has 1 N–H and O–H groups in total. The van der Waals surface area contributed by atoms with Gasteiger partial charge >= 0.3 is 11.9 Å². The summed E-state index contributed by atoms with van der Waals surface area (Å²) in [5.41, 5.74) is 1.06. The largest absolute Gasteiger partial charge is 0.507 e. The lowest BCUT2D eigenvalue weighted by Gasteiger charge is -2.24. The Morgan fingerprint density at radius 1 is 1.00 bits per heavy atom. The summed E-state index contributed by atoms with van der Waals surface area (Å²) >= 11 is 0.959. The quantitative estimate of drug-likeness (QED) is 0.0578. The number of carbonyl (C=O) groups is 3. The first-order chi connectivity index (χ1) is 22.5. The van der Waals surface area contributed by atoms with E-state index in [-0.39, 0.29) is 33.9 Å². The van der Waals surface area contributed by atoms with E-state index in [9.17, 15) is 19.5 Å². The summed E-state index contributed by atoms with van der Waals surface area (Å²) in [7, 11) is 1.51. The summed E-state index contributed by atoms with van der Waals surface area (Å²) < 4.78 is 22.8. The number of anilines is 1. The van der Waals surface area contributed by atoms with Crippen molar-refractivity contribution in [3.8, 4) is 17.2 Å². The number of aliphatic hydroxyl groups is 1. The Labute approximate surface area is 280 Å². The monoisotopic (exact) mass is 664 g/mol. The molecule has 2 aromatic carbocycles. The van der Waals surface area contributed by atoms with Crippen molar-refractivity contribution in [1.82, 2.24) is 4.98 Å². The van der Waals surface area contributed by atoms with E-state index in [2.05, 4.69) is 25.8 Å². The zero-order valence-electron chi connectivity index (χ0n) is 28.1. The van der Waals surface area contributed by atoms with Gasteiger partial charge in [-0.15, -0.1) is 0 Å². The van der Waals surface area contributed by atoms with Crippen LogP contribution < -0.4 is 19.1 Å². The fourth-order valence-electron chi connectivity index (χ4n) is 4.90. The van der Waals surface area contributed by atoms with Gasteiger partial charge in [-0.2, -0.15) is 0 Å². The summed E-state index contributed by atoms with van der Waals surface area (Å²) in [5, 5.41) is 11.7. The smallest absolute Gasteiger partial charge is 0.350 e. The zero-order chi connectivity index (χ0) is 34.2. The Balaban J connectivity index is 1.81. The number of ether oxygens (including phenoxy) is 4. The lowest BCUT2D eigenvalue weighted by molar-refractivity contribution is -0.132. The van der Waals surface area contributed by atoms with Crippen LogP contribution in [0.2, 0.25) is 0 Å². The van der Waals surface area contributed by atoms with E-state index in [1.807, 2.05) is 13.8 Å². The van der Waals surface area contributed by atoms with Gasteiger partial charge in [0.25, 0.3) is 5.78 Å². The molecule has 3 aromatic rings. The Morgan fingerprint density at radius 3 is 2.36 bits per heavy atom. The number of ketones is 1. The predicted octanol–water partition coefficient (Wildman–Crippen LogP) is 7.50. The van der Waals surface area contributed by atoms with E-state index in [4.69, 9.17) is 18.9 Å². The zero-order valence-corrected chi connectivity index (χ0v) is 28.9. The number of aromatic nitrogens is 1. The normalized spacial score (nSPS) is 15.9. The van der Waals surface area contributed by atoms with Crippen molar-refractivity contribution in [3.05, 3.63) is 69.7 Å². The number of amides is 1. The second kappa shape index (κ2) is 15.9. The highest BCUT2D eigenvalue weighted by Gasteiger charge is 2.48. The Bertz CT molecular complexity index is 1610. The van der Waals surface area contributed by atoms with E-state index in [1.165, 1.54) is 12.0 Å². The standard InChI is InChI=1S/C36H44N2O8S/c1-8-9-17-44-26-13-10-24(11-14-26)31(39)29-30(25-12-15-27(28(19-25)43-7)45-18-16-21(2)3)38(34(41)32(29)40)36-37-23(6)33(47-36)35(42)46-20-22(4)5/h10-15,19,21-22,30,39H,8-9,16-18,20H2,1-7H3/b31-29+. The number of benzene rings is 2. The molecule has 1 amide bonds. The lowest BCUT2D eigenvalue weighted by atomic mass is 9.95. The number of esters is 1. The molecular formula is C36H44N2O8S. The molecule has 1 atom stereocenters. The van der Waals surface area contributed by atoms with Gasteiger partial charge in [0, 0.05) is 5.56 Å². The number of unbranched alkanes of at least 4 members (excludes halogenated alkanes) is 1. The molecule has 10 nitrogen and oxygen atoms in total. The van der Waals surface area contributed by atoms with Gasteiger partial charge in [0.15, 0.2) is 16.6 Å². The van der Waals surface area contributed by atoms with Crippen molar-refractivity contribution in [2.24, 2.45) is 11.8 Å².